The fourth-order valence-corrected chi connectivity index (χ4v) is 2.56. The Morgan fingerprint density at radius 3 is 2.65 bits per heavy atom. The van der Waals surface area contributed by atoms with E-state index in [9.17, 15) is 8.78 Å². The first-order chi connectivity index (χ1) is 9.60. The van der Waals surface area contributed by atoms with Crippen LogP contribution >= 0.6 is 11.8 Å². The summed E-state index contributed by atoms with van der Waals surface area (Å²) in [6.45, 7) is 5.00. The first-order valence-electron chi connectivity index (χ1n) is 6.42. The second-order valence-electron chi connectivity index (χ2n) is 4.39. The van der Waals surface area contributed by atoms with Gasteiger partial charge in [-0.2, -0.15) is 0 Å². The van der Waals surface area contributed by atoms with Crippen molar-refractivity contribution in [2.24, 2.45) is 0 Å². The summed E-state index contributed by atoms with van der Waals surface area (Å²) in [5.41, 5.74) is 1.08. The Morgan fingerprint density at radius 2 is 2.05 bits per heavy atom. The summed E-state index contributed by atoms with van der Waals surface area (Å²) < 4.78 is 26.4. The van der Waals surface area contributed by atoms with Crippen molar-refractivity contribution in [1.82, 2.24) is 10.3 Å². The van der Waals surface area contributed by atoms with E-state index in [1.165, 1.54) is 23.9 Å². The largest absolute Gasteiger partial charge is 0.310 e. The number of hydrogen-bond donors (Lipinski definition) is 1. The summed E-state index contributed by atoms with van der Waals surface area (Å²) in [4.78, 5) is 4.67. The van der Waals surface area contributed by atoms with E-state index in [2.05, 4.69) is 17.2 Å². The van der Waals surface area contributed by atoms with Crippen LogP contribution in [0.2, 0.25) is 0 Å². The van der Waals surface area contributed by atoms with E-state index < -0.39 is 11.6 Å². The average molecular weight is 294 g/mol. The lowest BCUT2D eigenvalue weighted by molar-refractivity contribution is 0.565. The van der Waals surface area contributed by atoms with Crippen LogP contribution in [-0.4, -0.2) is 11.5 Å². The van der Waals surface area contributed by atoms with Crippen molar-refractivity contribution in [1.29, 1.82) is 0 Å². The van der Waals surface area contributed by atoms with Crippen LogP contribution in [0.5, 0.6) is 0 Å². The van der Waals surface area contributed by atoms with Gasteiger partial charge in [0.15, 0.2) is 0 Å². The Labute approximate surface area is 121 Å². The number of hydrogen-bond acceptors (Lipinski definition) is 3. The zero-order valence-electron chi connectivity index (χ0n) is 11.4. The first-order valence-corrected chi connectivity index (χ1v) is 7.24. The fourth-order valence-electron chi connectivity index (χ4n) is 1.80. The molecular formula is C15H16F2N2S. The summed E-state index contributed by atoms with van der Waals surface area (Å²) in [6.07, 6.45) is 1.77. The molecule has 0 saturated carbocycles. The van der Waals surface area contributed by atoms with Crippen molar-refractivity contribution in [3.8, 4) is 0 Å². The lowest BCUT2D eigenvalue weighted by Gasteiger charge is -2.12. The lowest BCUT2D eigenvalue weighted by Crippen LogP contribution is -2.17. The zero-order valence-corrected chi connectivity index (χ0v) is 12.2. The molecule has 20 heavy (non-hydrogen) atoms. The van der Waals surface area contributed by atoms with Gasteiger partial charge in [0.25, 0.3) is 0 Å². The Bertz CT molecular complexity index is 573. The van der Waals surface area contributed by atoms with Gasteiger partial charge in [-0.3, -0.25) is 0 Å². The van der Waals surface area contributed by atoms with E-state index >= 15 is 0 Å². The highest BCUT2D eigenvalue weighted by atomic mass is 32.2. The third-order valence-corrected chi connectivity index (χ3v) is 3.88. The topological polar surface area (TPSA) is 24.9 Å². The van der Waals surface area contributed by atoms with E-state index in [1.54, 1.807) is 6.20 Å². The SMILES string of the molecule is CCNC(C)c1ccc(Sc2ccc(F)cc2F)nc1. The molecule has 2 nitrogen and oxygen atoms in total. The van der Waals surface area contributed by atoms with Crippen molar-refractivity contribution in [2.45, 2.75) is 29.8 Å². The molecule has 0 bridgehead atoms. The summed E-state index contributed by atoms with van der Waals surface area (Å²) >= 11 is 1.18. The molecular weight excluding hydrogens is 278 g/mol. The molecule has 0 aliphatic carbocycles. The standard InChI is InChI=1S/C15H16F2N2S/c1-3-18-10(2)11-4-7-15(19-9-11)20-14-6-5-12(16)8-13(14)17/h4-10,18H,3H2,1-2H3. The highest BCUT2D eigenvalue weighted by Gasteiger charge is 2.08. The van der Waals surface area contributed by atoms with E-state index in [4.69, 9.17) is 0 Å². The number of rotatable bonds is 5. The number of benzene rings is 1. The maximum Gasteiger partial charge on any atom is 0.140 e. The van der Waals surface area contributed by atoms with Crippen LogP contribution in [0.4, 0.5) is 8.78 Å². The molecule has 1 aromatic heterocycles. The van der Waals surface area contributed by atoms with Crippen LogP contribution in [0.15, 0.2) is 46.5 Å². The Morgan fingerprint density at radius 1 is 1.25 bits per heavy atom. The van der Waals surface area contributed by atoms with Gasteiger partial charge >= 0.3 is 0 Å². The van der Waals surface area contributed by atoms with Crippen LogP contribution in [-0.2, 0) is 0 Å². The first kappa shape index (κ1) is 14.9. The molecule has 106 valence electrons. The predicted molar refractivity (Wildman–Crippen MR) is 76.8 cm³/mol. The summed E-state index contributed by atoms with van der Waals surface area (Å²) in [5.74, 6) is -1.14. The molecule has 5 heteroatoms. The highest BCUT2D eigenvalue weighted by molar-refractivity contribution is 7.99. The van der Waals surface area contributed by atoms with Crippen LogP contribution in [0.1, 0.15) is 25.5 Å². The van der Waals surface area contributed by atoms with Crippen molar-refractivity contribution in [2.75, 3.05) is 6.54 Å². The molecule has 0 saturated heterocycles. The number of nitrogens with one attached hydrogen (secondary N) is 1. The van der Waals surface area contributed by atoms with Crippen LogP contribution in [0, 0.1) is 11.6 Å². The van der Waals surface area contributed by atoms with Gasteiger partial charge in [-0.05, 0) is 37.2 Å². The maximum atomic E-state index is 13.5. The molecule has 1 atom stereocenters. The second-order valence-corrected chi connectivity index (χ2v) is 5.45. The quantitative estimate of drug-likeness (QED) is 0.895. The van der Waals surface area contributed by atoms with Gasteiger partial charge in [0.2, 0.25) is 0 Å². The zero-order chi connectivity index (χ0) is 14.5. The number of nitrogens with zero attached hydrogens (tertiary/aromatic N) is 1. The van der Waals surface area contributed by atoms with E-state index in [0.717, 1.165) is 18.2 Å². The van der Waals surface area contributed by atoms with Gasteiger partial charge in [0.1, 0.15) is 16.7 Å². The molecule has 0 radical (unpaired) electrons. The lowest BCUT2D eigenvalue weighted by atomic mass is 10.1. The molecule has 2 aromatic rings. The minimum Gasteiger partial charge on any atom is -0.310 e. The van der Waals surface area contributed by atoms with Gasteiger partial charge in [-0.15, -0.1) is 0 Å². The summed E-state index contributed by atoms with van der Waals surface area (Å²) in [6, 6.07) is 7.58. The Hall–Kier alpha value is -1.46. The van der Waals surface area contributed by atoms with Gasteiger partial charge in [-0.1, -0.05) is 24.8 Å². The minimum atomic E-state index is -0.574. The summed E-state index contributed by atoms with van der Waals surface area (Å²) in [7, 11) is 0. The van der Waals surface area contributed by atoms with Gasteiger partial charge in [0, 0.05) is 23.2 Å². The molecule has 0 aliphatic heterocycles. The number of halogens is 2. The van der Waals surface area contributed by atoms with E-state index in [-0.39, 0.29) is 6.04 Å². The molecule has 1 aromatic carbocycles. The van der Waals surface area contributed by atoms with Crippen molar-refractivity contribution in [3.05, 3.63) is 53.7 Å². The summed E-state index contributed by atoms with van der Waals surface area (Å²) in [5, 5.41) is 3.98. The molecule has 0 fully saturated rings. The van der Waals surface area contributed by atoms with E-state index in [1.807, 2.05) is 19.1 Å². The average Bonchev–Trinajstić information content (AvgIpc) is 2.43. The molecule has 0 aliphatic rings. The monoisotopic (exact) mass is 294 g/mol. The smallest absolute Gasteiger partial charge is 0.140 e. The highest BCUT2D eigenvalue weighted by Crippen LogP contribution is 2.29. The fraction of sp³-hybridized carbons (Fsp3) is 0.267. The van der Waals surface area contributed by atoms with E-state index in [0.29, 0.717) is 9.92 Å². The van der Waals surface area contributed by atoms with Gasteiger partial charge < -0.3 is 5.32 Å². The van der Waals surface area contributed by atoms with Crippen LogP contribution in [0.3, 0.4) is 0 Å². The molecule has 2 rings (SSSR count). The molecule has 1 unspecified atom stereocenters. The number of aromatic nitrogens is 1. The second kappa shape index (κ2) is 6.81. The number of pyridine rings is 1. The molecule has 1 heterocycles. The third kappa shape index (κ3) is 3.77. The minimum absolute atomic E-state index is 0.231. The van der Waals surface area contributed by atoms with Gasteiger partial charge in [0.05, 0.1) is 0 Å². The maximum absolute atomic E-state index is 13.5. The van der Waals surface area contributed by atoms with Crippen molar-refractivity contribution in [3.63, 3.8) is 0 Å². The normalized spacial score (nSPS) is 12.4. The van der Waals surface area contributed by atoms with Gasteiger partial charge in [-0.25, -0.2) is 13.8 Å². The molecule has 0 amide bonds. The third-order valence-electron chi connectivity index (χ3n) is 2.88. The molecule has 1 N–H and O–H groups in total. The van der Waals surface area contributed by atoms with Crippen LogP contribution in [0.25, 0.3) is 0 Å². The Balaban J connectivity index is 2.10. The van der Waals surface area contributed by atoms with Crippen molar-refractivity contribution < 1.29 is 8.78 Å². The predicted octanol–water partition coefficient (Wildman–Crippen LogP) is 4.18. The Kier molecular flexibility index (Phi) is 5.09. The van der Waals surface area contributed by atoms with Crippen molar-refractivity contribution >= 4 is 11.8 Å². The molecule has 0 spiro atoms. The van der Waals surface area contributed by atoms with Crippen LogP contribution < -0.4 is 5.32 Å².